The van der Waals surface area contributed by atoms with Crippen LogP contribution in [-0.2, 0) is 11.2 Å². The summed E-state index contributed by atoms with van der Waals surface area (Å²) >= 11 is 0. The number of rotatable bonds is 7. The molecule has 0 aliphatic heterocycles. The van der Waals surface area contributed by atoms with E-state index in [1.165, 1.54) is 0 Å². The van der Waals surface area contributed by atoms with Crippen LogP contribution < -0.4 is 10.9 Å². The average Bonchev–Trinajstić information content (AvgIpc) is 3.29. The summed E-state index contributed by atoms with van der Waals surface area (Å²) in [4.78, 5) is 35.8. The molecule has 140 valence electrons. The third-order valence-corrected chi connectivity index (χ3v) is 4.59. The van der Waals surface area contributed by atoms with Crippen LogP contribution in [-0.4, -0.2) is 26.0 Å². The van der Waals surface area contributed by atoms with E-state index in [9.17, 15) is 9.59 Å². The number of H-pyrrole nitrogens is 1. The first-order chi connectivity index (χ1) is 12.3. The van der Waals surface area contributed by atoms with E-state index in [1.807, 2.05) is 13.8 Å². The fourth-order valence-corrected chi connectivity index (χ4v) is 2.92. The Morgan fingerprint density at radius 3 is 2.65 bits per heavy atom. The maximum Gasteiger partial charge on any atom is 0.254 e. The van der Waals surface area contributed by atoms with Crippen LogP contribution >= 0.6 is 0 Å². The van der Waals surface area contributed by atoms with Crippen molar-refractivity contribution in [3.63, 3.8) is 0 Å². The minimum Gasteiger partial charge on any atom is -0.344 e. The average molecular weight is 359 g/mol. The van der Waals surface area contributed by atoms with Crippen molar-refractivity contribution in [2.45, 2.75) is 65.3 Å². The lowest BCUT2D eigenvalue weighted by atomic mass is 10.0. The zero-order valence-corrected chi connectivity index (χ0v) is 15.6. The molecule has 0 radical (unpaired) electrons. The summed E-state index contributed by atoms with van der Waals surface area (Å²) in [7, 11) is 0. The van der Waals surface area contributed by atoms with Crippen LogP contribution in [0.1, 0.15) is 73.9 Å². The standard InChI is InChI=1S/C18H25N5O3/c1-9(2)15(18-22-16(23-26-18)12-5-6-12)21-14(24)8-7-13-10(3)19-11(4)20-17(13)25/h9,12,15H,5-8H2,1-4H3,(H,21,24)(H,19,20,25). The van der Waals surface area contributed by atoms with Gasteiger partial charge in [-0.1, -0.05) is 19.0 Å². The van der Waals surface area contributed by atoms with Crippen LogP contribution in [0.25, 0.3) is 0 Å². The number of nitrogens with one attached hydrogen (secondary N) is 2. The van der Waals surface area contributed by atoms with Crippen molar-refractivity contribution < 1.29 is 9.32 Å². The molecule has 2 heterocycles. The summed E-state index contributed by atoms with van der Waals surface area (Å²) in [5.41, 5.74) is 1.01. The molecule has 2 aromatic rings. The highest BCUT2D eigenvalue weighted by Crippen LogP contribution is 2.38. The Kier molecular flexibility index (Phi) is 5.20. The number of aromatic amines is 1. The van der Waals surface area contributed by atoms with Gasteiger partial charge in [-0.3, -0.25) is 9.59 Å². The molecule has 8 heteroatoms. The third-order valence-electron chi connectivity index (χ3n) is 4.59. The van der Waals surface area contributed by atoms with E-state index < -0.39 is 0 Å². The molecule has 1 unspecified atom stereocenters. The van der Waals surface area contributed by atoms with Gasteiger partial charge in [0.15, 0.2) is 5.82 Å². The van der Waals surface area contributed by atoms with Gasteiger partial charge in [0.2, 0.25) is 11.8 Å². The number of carbonyl (C=O) groups is 1. The molecule has 1 aliphatic carbocycles. The smallest absolute Gasteiger partial charge is 0.254 e. The van der Waals surface area contributed by atoms with Crippen molar-refractivity contribution in [1.29, 1.82) is 0 Å². The fourth-order valence-electron chi connectivity index (χ4n) is 2.92. The Labute approximate surface area is 151 Å². The van der Waals surface area contributed by atoms with E-state index in [0.29, 0.717) is 35.3 Å². The first-order valence-electron chi connectivity index (χ1n) is 9.04. The largest absolute Gasteiger partial charge is 0.344 e. The van der Waals surface area contributed by atoms with Gasteiger partial charge in [0, 0.05) is 23.6 Å². The van der Waals surface area contributed by atoms with Gasteiger partial charge in [0.25, 0.3) is 5.56 Å². The monoisotopic (exact) mass is 359 g/mol. The molecule has 1 amide bonds. The number of nitrogens with zero attached hydrogens (tertiary/aromatic N) is 3. The third kappa shape index (κ3) is 4.17. The molecule has 8 nitrogen and oxygen atoms in total. The van der Waals surface area contributed by atoms with Crippen molar-refractivity contribution in [2.75, 3.05) is 0 Å². The Hall–Kier alpha value is -2.51. The maximum atomic E-state index is 12.4. The lowest BCUT2D eigenvalue weighted by molar-refractivity contribution is -0.122. The highest BCUT2D eigenvalue weighted by atomic mass is 16.5. The van der Waals surface area contributed by atoms with Gasteiger partial charge in [-0.25, -0.2) is 4.98 Å². The van der Waals surface area contributed by atoms with Gasteiger partial charge in [0.05, 0.1) is 0 Å². The van der Waals surface area contributed by atoms with E-state index in [1.54, 1.807) is 13.8 Å². The number of hydrogen-bond donors (Lipinski definition) is 2. The number of aryl methyl sites for hydroxylation is 2. The molecule has 0 spiro atoms. The zero-order valence-electron chi connectivity index (χ0n) is 15.6. The fraction of sp³-hybridized carbons (Fsp3) is 0.611. The molecule has 1 fully saturated rings. The SMILES string of the molecule is Cc1nc(C)c(CCC(=O)NC(c2nc(C3CC3)no2)C(C)C)c(=O)[nH]1. The quantitative estimate of drug-likeness (QED) is 0.782. The van der Waals surface area contributed by atoms with Crippen molar-refractivity contribution >= 4 is 5.91 Å². The summed E-state index contributed by atoms with van der Waals surface area (Å²) in [5, 5.41) is 6.98. The normalized spacial score (nSPS) is 15.3. The van der Waals surface area contributed by atoms with Gasteiger partial charge >= 0.3 is 0 Å². The van der Waals surface area contributed by atoms with Gasteiger partial charge in [-0.2, -0.15) is 4.98 Å². The second kappa shape index (κ2) is 7.39. The molecule has 1 aliphatic rings. The van der Waals surface area contributed by atoms with Crippen LogP contribution in [0.2, 0.25) is 0 Å². The Morgan fingerprint density at radius 2 is 2.04 bits per heavy atom. The molecule has 0 aromatic carbocycles. The van der Waals surface area contributed by atoms with E-state index in [4.69, 9.17) is 4.52 Å². The minimum atomic E-state index is -0.335. The molecule has 0 saturated heterocycles. The first-order valence-corrected chi connectivity index (χ1v) is 9.04. The minimum absolute atomic E-state index is 0.109. The number of carbonyl (C=O) groups excluding carboxylic acids is 1. The lowest BCUT2D eigenvalue weighted by Gasteiger charge is -2.18. The number of aromatic nitrogens is 4. The van der Waals surface area contributed by atoms with Crippen LogP contribution in [0.4, 0.5) is 0 Å². The van der Waals surface area contributed by atoms with Crippen molar-refractivity contribution in [2.24, 2.45) is 5.92 Å². The Balaban J connectivity index is 1.64. The molecule has 0 bridgehead atoms. The van der Waals surface area contributed by atoms with Crippen LogP contribution in [0.5, 0.6) is 0 Å². The van der Waals surface area contributed by atoms with Crippen molar-refractivity contribution in [3.05, 3.63) is 39.2 Å². The highest BCUT2D eigenvalue weighted by Gasteiger charge is 2.31. The highest BCUT2D eigenvalue weighted by molar-refractivity contribution is 5.76. The van der Waals surface area contributed by atoms with Gasteiger partial charge < -0.3 is 14.8 Å². The lowest BCUT2D eigenvalue weighted by Crippen LogP contribution is -2.32. The van der Waals surface area contributed by atoms with Crippen LogP contribution in [0.15, 0.2) is 9.32 Å². The summed E-state index contributed by atoms with van der Waals surface area (Å²) in [6.07, 6.45) is 2.72. The summed E-state index contributed by atoms with van der Waals surface area (Å²) in [5.74, 6) is 2.10. The van der Waals surface area contributed by atoms with E-state index in [-0.39, 0.29) is 29.8 Å². The molecule has 3 rings (SSSR count). The molecular weight excluding hydrogens is 334 g/mol. The maximum absolute atomic E-state index is 12.4. The molecule has 26 heavy (non-hydrogen) atoms. The van der Waals surface area contributed by atoms with Crippen molar-refractivity contribution in [1.82, 2.24) is 25.4 Å². The van der Waals surface area contributed by atoms with Crippen molar-refractivity contribution in [3.8, 4) is 0 Å². The molecule has 1 saturated carbocycles. The zero-order chi connectivity index (χ0) is 18.8. The second-order valence-corrected chi connectivity index (χ2v) is 7.27. The summed E-state index contributed by atoms with van der Waals surface area (Å²) < 4.78 is 5.36. The predicted octanol–water partition coefficient (Wildman–Crippen LogP) is 2.09. The Morgan fingerprint density at radius 1 is 1.31 bits per heavy atom. The van der Waals surface area contributed by atoms with E-state index >= 15 is 0 Å². The first kappa shape index (κ1) is 18.3. The summed E-state index contributed by atoms with van der Waals surface area (Å²) in [6, 6.07) is -0.335. The predicted molar refractivity (Wildman–Crippen MR) is 94.6 cm³/mol. The van der Waals surface area contributed by atoms with Crippen LogP contribution in [0.3, 0.4) is 0 Å². The van der Waals surface area contributed by atoms with Gasteiger partial charge in [-0.15, -0.1) is 0 Å². The second-order valence-electron chi connectivity index (χ2n) is 7.27. The number of amides is 1. The molecule has 2 aromatic heterocycles. The van der Waals surface area contributed by atoms with Crippen LogP contribution in [0, 0.1) is 19.8 Å². The number of hydrogen-bond acceptors (Lipinski definition) is 6. The molecular formula is C18H25N5O3. The Bertz CT molecular complexity index is 851. The topological polar surface area (TPSA) is 114 Å². The van der Waals surface area contributed by atoms with Gasteiger partial charge in [0.1, 0.15) is 11.9 Å². The molecule has 1 atom stereocenters. The summed E-state index contributed by atoms with van der Waals surface area (Å²) in [6.45, 7) is 7.50. The van der Waals surface area contributed by atoms with E-state index in [2.05, 4.69) is 25.4 Å². The van der Waals surface area contributed by atoms with Gasteiger partial charge in [-0.05, 0) is 39.0 Å². The molecule has 2 N–H and O–H groups in total. The van der Waals surface area contributed by atoms with E-state index in [0.717, 1.165) is 18.7 Å².